The molecule has 1 fully saturated rings. The van der Waals surface area contributed by atoms with Crippen LogP contribution in [0.1, 0.15) is 12.8 Å². The van der Waals surface area contributed by atoms with Gasteiger partial charge in [-0.3, -0.25) is 0 Å². The fraction of sp³-hybridized carbons (Fsp3) is 0.273. The summed E-state index contributed by atoms with van der Waals surface area (Å²) in [5, 5.41) is 9.92. The van der Waals surface area contributed by atoms with Gasteiger partial charge in [0, 0.05) is 41.3 Å². The quantitative estimate of drug-likeness (QED) is 0.472. The molecule has 1 aromatic heterocycles. The molecule has 0 atom stereocenters. The molecular weight excluding hydrogens is 384 g/mol. The molecule has 4 nitrogen and oxygen atoms in total. The minimum absolute atomic E-state index is 0.386. The number of rotatable bonds is 4. The Bertz CT molecular complexity index is 945. The van der Waals surface area contributed by atoms with E-state index in [9.17, 15) is 0 Å². The van der Waals surface area contributed by atoms with E-state index < -0.39 is 0 Å². The molecule has 4 rings (SSSR count). The van der Waals surface area contributed by atoms with Gasteiger partial charge in [0.1, 0.15) is 5.82 Å². The zero-order valence-electron chi connectivity index (χ0n) is 15.9. The molecule has 1 saturated heterocycles. The molecule has 1 aliphatic rings. The van der Waals surface area contributed by atoms with Gasteiger partial charge in [-0.2, -0.15) is 0 Å². The highest BCUT2D eigenvalue weighted by molar-refractivity contribution is 7.98. The van der Waals surface area contributed by atoms with Crippen LogP contribution < -0.4 is 15.5 Å². The first-order valence-electron chi connectivity index (χ1n) is 9.53. The van der Waals surface area contributed by atoms with E-state index in [0.717, 1.165) is 37.4 Å². The van der Waals surface area contributed by atoms with Gasteiger partial charge in [-0.15, -0.1) is 11.8 Å². The second-order valence-electron chi connectivity index (χ2n) is 6.94. The number of nitrogens with zero attached hydrogens (tertiary/aromatic N) is 2. The Morgan fingerprint density at radius 2 is 1.82 bits per heavy atom. The summed E-state index contributed by atoms with van der Waals surface area (Å²) in [5.41, 5.74) is 1.02. The van der Waals surface area contributed by atoms with E-state index in [1.807, 2.05) is 6.20 Å². The molecule has 0 saturated carbocycles. The fourth-order valence-electron chi connectivity index (χ4n) is 3.62. The molecule has 0 spiro atoms. The van der Waals surface area contributed by atoms with Crippen molar-refractivity contribution in [3.05, 3.63) is 60.8 Å². The van der Waals surface area contributed by atoms with Gasteiger partial charge in [-0.1, -0.05) is 24.3 Å². The summed E-state index contributed by atoms with van der Waals surface area (Å²) >= 11 is 7.25. The highest BCUT2D eigenvalue weighted by atomic mass is 32.2. The Morgan fingerprint density at radius 1 is 1.07 bits per heavy atom. The van der Waals surface area contributed by atoms with E-state index in [2.05, 4.69) is 81.4 Å². The first kappa shape index (κ1) is 19.0. The normalized spacial score (nSPS) is 14.8. The summed E-state index contributed by atoms with van der Waals surface area (Å²) in [6.07, 6.45) is 6.06. The van der Waals surface area contributed by atoms with Crippen LogP contribution in [0.25, 0.3) is 10.8 Å². The lowest BCUT2D eigenvalue weighted by Gasteiger charge is -2.34. The summed E-state index contributed by atoms with van der Waals surface area (Å²) in [4.78, 5) is 8.29. The summed E-state index contributed by atoms with van der Waals surface area (Å²) in [5.74, 6) is 1.09. The van der Waals surface area contributed by atoms with Crippen LogP contribution in [0.2, 0.25) is 0 Å². The van der Waals surface area contributed by atoms with Crippen molar-refractivity contribution in [1.29, 1.82) is 0 Å². The van der Waals surface area contributed by atoms with Gasteiger partial charge in [-0.25, -0.2) is 4.98 Å². The molecule has 0 unspecified atom stereocenters. The van der Waals surface area contributed by atoms with E-state index in [4.69, 9.17) is 12.2 Å². The lowest BCUT2D eigenvalue weighted by molar-refractivity contribution is 0.467. The third-order valence-corrected chi connectivity index (χ3v) is 6.09. The van der Waals surface area contributed by atoms with E-state index in [1.165, 1.54) is 15.7 Å². The Hall–Kier alpha value is -2.31. The molecule has 0 bridgehead atoms. The van der Waals surface area contributed by atoms with E-state index >= 15 is 0 Å². The van der Waals surface area contributed by atoms with Crippen LogP contribution in [0.3, 0.4) is 0 Å². The zero-order chi connectivity index (χ0) is 19.3. The molecule has 2 aromatic carbocycles. The van der Waals surface area contributed by atoms with Crippen LogP contribution in [0.4, 0.5) is 11.5 Å². The number of hydrogen-bond acceptors (Lipinski definition) is 4. The standard InChI is InChI=1S/C22H24N4S2/c1-28-19-8-6-17(7-9-19)24-22(27)25-18-11-14-26(15-12-18)21-20-5-3-2-4-16(20)10-13-23-21/h2-10,13,18H,11-12,14-15H2,1H3,(H2,24,25,27). The van der Waals surface area contributed by atoms with Gasteiger partial charge < -0.3 is 15.5 Å². The number of piperidine rings is 1. The number of benzene rings is 2. The lowest BCUT2D eigenvalue weighted by Crippen LogP contribution is -2.46. The average Bonchev–Trinajstić information content (AvgIpc) is 2.74. The number of hydrogen-bond donors (Lipinski definition) is 2. The average molecular weight is 409 g/mol. The molecule has 1 aliphatic heterocycles. The van der Waals surface area contributed by atoms with Gasteiger partial charge in [0.2, 0.25) is 0 Å². The number of nitrogens with one attached hydrogen (secondary N) is 2. The second-order valence-corrected chi connectivity index (χ2v) is 8.23. The zero-order valence-corrected chi connectivity index (χ0v) is 17.5. The summed E-state index contributed by atoms with van der Waals surface area (Å²) in [6, 6.07) is 19.2. The minimum Gasteiger partial charge on any atom is -0.360 e. The predicted octanol–water partition coefficient (Wildman–Crippen LogP) is 4.91. The van der Waals surface area contributed by atoms with Crippen molar-refractivity contribution in [3.8, 4) is 0 Å². The monoisotopic (exact) mass is 408 g/mol. The molecule has 3 aromatic rings. The van der Waals surface area contributed by atoms with Crippen LogP contribution in [0, 0.1) is 0 Å². The number of anilines is 2. The van der Waals surface area contributed by atoms with Crippen molar-refractivity contribution >= 4 is 51.4 Å². The smallest absolute Gasteiger partial charge is 0.170 e. The number of thioether (sulfide) groups is 1. The largest absolute Gasteiger partial charge is 0.360 e. The molecule has 28 heavy (non-hydrogen) atoms. The predicted molar refractivity (Wildman–Crippen MR) is 125 cm³/mol. The summed E-state index contributed by atoms with van der Waals surface area (Å²) < 4.78 is 0. The van der Waals surface area contributed by atoms with Gasteiger partial charge in [0.15, 0.2) is 5.11 Å². The summed E-state index contributed by atoms with van der Waals surface area (Å²) in [7, 11) is 0. The number of fused-ring (bicyclic) bond motifs is 1. The molecule has 2 N–H and O–H groups in total. The second kappa shape index (κ2) is 8.80. The highest BCUT2D eigenvalue weighted by Gasteiger charge is 2.21. The van der Waals surface area contributed by atoms with Crippen molar-refractivity contribution in [1.82, 2.24) is 10.3 Å². The van der Waals surface area contributed by atoms with Crippen LogP contribution in [-0.2, 0) is 0 Å². The number of aromatic nitrogens is 1. The SMILES string of the molecule is CSc1ccc(NC(=S)NC2CCN(c3nccc4ccccc34)CC2)cc1. The Morgan fingerprint density at radius 3 is 2.57 bits per heavy atom. The third kappa shape index (κ3) is 4.39. The molecule has 0 aliphatic carbocycles. The Labute approximate surface area is 175 Å². The van der Waals surface area contributed by atoms with E-state index in [1.54, 1.807) is 11.8 Å². The van der Waals surface area contributed by atoms with Gasteiger partial charge in [-0.05, 0) is 67.0 Å². The van der Waals surface area contributed by atoms with E-state index in [-0.39, 0.29) is 0 Å². The maximum atomic E-state index is 5.51. The first-order chi connectivity index (χ1) is 13.7. The molecule has 6 heteroatoms. The maximum Gasteiger partial charge on any atom is 0.170 e. The molecule has 0 amide bonds. The van der Waals surface area contributed by atoms with Crippen molar-refractivity contribution in [2.45, 2.75) is 23.8 Å². The highest BCUT2D eigenvalue weighted by Crippen LogP contribution is 2.26. The Balaban J connectivity index is 1.33. The number of thiocarbonyl (C=S) groups is 1. The molecular formula is C22H24N4S2. The maximum absolute atomic E-state index is 5.51. The fourth-order valence-corrected chi connectivity index (χ4v) is 4.31. The van der Waals surface area contributed by atoms with Crippen LogP contribution >= 0.6 is 24.0 Å². The lowest BCUT2D eigenvalue weighted by atomic mass is 10.0. The molecule has 0 radical (unpaired) electrons. The first-order valence-corrected chi connectivity index (χ1v) is 11.2. The summed E-state index contributed by atoms with van der Waals surface area (Å²) in [6.45, 7) is 1.95. The topological polar surface area (TPSA) is 40.2 Å². The van der Waals surface area contributed by atoms with Crippen molar-refractivity contribution < 1.29 is 0 Å². The van der Waals surface area contributed by atoms with Crippen molar-refractivity contribution in [3.63, 3.8) is 0 Å². The number of pyridine rings is 1. The van der Waals surface area contributed by atoms with Crippen LogP contribution in [0.15, 0.2) is 65.7 Å². The van der Waals surface area contributed by atoms with E-state index in [0.29, 0.717) is 11.2 Å². The van der Waals surface area contributed by atoms with Gasteiger partial charge in [0.05, 0.1) is 0 Å². The van der Waals surface area contributed by atoms with Crippen LogP contribution in [-0.4, -0.2) is 35.5 Å². The third-order valence-electron chi connectivity index (χ3n) is 5.13. The van der Waals surface area contributed by atoms with Gasteiger partial charge in [0.25, 0.3) is 0 Å². The van der Waals surface area contributed by atoms with Crippen molar-refractivity contribution in [2.75, 3.05) is 29.6 Å². The van der Waals surface area contributed by atoms with Crippen LogP contribution in [0.5, 0.6) is 0 Å². The molecule has 2 heterocycles. The molecule has 144 valence electrons. The minimum atomic E-state index is 0.386. The van der Waals surface area contributed by atoms with Crippen molar-refractivity contribution in [2.24, 2.45) is 0 Å². The van der Waals surface area contributed by atoms with Gasteiger partial charge >= 0.3 is 0 Å². The Kier molecular flexibility index (Phi) is 5.98.